The number of rotatable bonds is 4. The van der Waals surface area contributed by atoms with Crippen LogP contribution in [-0.4, -0.2) is 49.4 Å². The zero-order chi connectivity index (χ0) is 18.7. The lowest BCUT2D eigenvalue weighted by molar-refractivity contribution is -0.124. The van der Waals surface area contributed by atoms with E-state index in [1.54, 1.807) is 34.2 Å². The SMILES string of the molecule is CN(C)/C=C1/S/C(=N\S(=O)(=O)c2ccccc2)N(C2CCCCC2)C1=O. The Hall–Kier alpha value is -1.80. The second kappa shape index (κ2) is 7.84. The number of nitrogens with zero attached hydrogens (tertiary/aromatic N) is 3. The second-order valence-corrected chi connectivity index (χ2v) is 9.30. The van der Waals surface area contributed by atoms with E-state index >= 15 is 0 Å². The van der Waals surface area contributed by atoms with E-state index in [0.29, 0.717) is 4.91 Å². The number of carbonyl (C=O) groups excluding carboxylic acids is 1. The number of amides is 1. The third-order valence-electron chi connectivity index (χ3n) is 4.39. The molecule has 0 aromatic heterocycles. The molecule has 2 aliphatic rings. The predicted molar refractivity (Wildman–Crippen MR) is 104 cm³/mol. The van der Waals surface area contributed by atoms with Gasteiger partial charge in [0.05, 0.1) is 9.80 Å². The monoisotopic (exact) mass is 393 g/mol. The molecule has 1 aromatic carbocycles. The van der Waals surface area contributed by atoms with Gasteiger partial charge < -0.3 is 4.90 Å². The van der Waals surface area contributed by atoms with E-state index in [0.717, 1.165) is 43.9 Å². The van der Waals surface area contributed by atoms with Crippen molar-refractivity contribution in [3.8, 4) is 0 Å². The Morgan fingerprint density at radius 2 is 1.81 bits per heavy atom. The number of amidine groups is 1. The van der Waals surface area contributed by atoms with Crippen LogP contribution in [0.3, 0.4) is 0 Å². The molecule has 6 nitrogen and oxygen atoms in total. The summed E-state index contributed by atoms with van der Waals surface area (Å²) in [4.78, 5) is 16.9. The minimum atomic E-state index is -3.86. The van der Waals surface area contributed by atoms with Crippen molar-refractivity contribution >= 4 is 32.9 Å². The molecule has 3 rings (SSSR count). The van der Waals surface area contributed by atoms with Gasteiger partial charge in [0.2, 0.25) is 0 Å². The highest BCUT2D eigenvalue weighted by Crippen LogP contribution is 2.37. The van der Waals surface area contributed by atoms with Crippen molar-refractivity contribution in [1.82, 2.24) is 9.80 Å². The van der Waals surface area contributed by atoms with Crippen LogP contribution in [0.5, 0.6) is 0 Å². The van der Waals surface area contributed by atoms with Crippen molar-refractivity contribution < 1.29 is 13.2 Å². The standard InChI is InChI=1S/C18H23N3O3S2/c1-20(2)13-16-17(22)21(14-9-5-3-6-10-14)18(25-16)19-26(23,24)15-11-7-4-8-12-15/h4,7-8,11-14H,3,5-6,9-10H2,1-2H3/b16-13+,19-18-. The summed E-state index contributed by atoms with van der Waals surface area (Å²) in [5.74, 6) is -0.155. The normalized spacial score (nSPS) is 22.4. The summed E-state index contributed by atoms with van der Waals surface area (Å²) in [6.45, 7) is 0. The van der Waals surface area contributed by atoms with E-state index in [2.05, 4.69) is 4.40 Å². The van der Waals surface area contributed by atoms with Crippen LogP contribution in [0.2, 0.25) is 0 Å². The average molecular weight is 394 g/mol. The van der Waals surface area contributed by atoms with Crippen LogP contribution in [0.15, 0.2) is 50.7 Å². The highest BCUT2D eigenvalue weighted by Gasteiger charge is 2.40. The third-order valence-corrected chi connectivity index (χ3v) is 6.76. The Balaban J connectivity index is 2.00. The summed E-state index contributed by atoms with van der Waals surface area (Å²) in [6, 6.07) is 8.13. The Morgan fingerprint density at radius 1 is 1.15 bits per heavy atom. The van der Waals surface area contributed by atoms with Crippen molar-refractivity contribution in [2.45, 2.75) is 43.0 Å². The van der Waals surface area contributed by atoms with E-state index in [9.17, 15) is 13.2 Å². The van der Waals surface area contributed by atoms with Crippen LogP contribution < -0.4 is 0 Å². The fourth-order valence-corrected chi connectivity index (χ4v) is 5.50. The first kappa shape index (κ1) is 19.0. The molecule has 1 aromatic rings. The van der Waals surface area contributed by atoms with Gasteiger partial charge in [-0.2, -0.15) is 8.42 Å². The van der Waals surface area contributed by atoms with Gasteiger partial charge in [0.25, 0.3) is 15.9 Å². The number of sulfonamides is 1. The number of benzene rings is 1. The molecule has 8 heteroatoms. The first-order chi connectivity index (χ1) is 12.4. The zero-order valence-corrected chi connectivity index (χ0v) is 16.6. The van der Waals surface area contributed by atoms with Crippen molar-refractivity contribution in [3.05, 3.63) is 41.4 Å². The Kier molecular flexibility index (Phi) is 5.72. The Bertz CT molecular complexity index is 826. The maximum Gasteiger partial charge on any atom is 0.284 e. The summed E-state index contributed by atoms with van der Waals surface area (Å²) in [5.41, 5.74) is 0. The summed E-state index contributed by atoms with van der Waals surface area (Å²) >= 11 is 1.14. The van der Waals surface area contributed by atoms with E-state index < -0.39 is 10.0 Å². The summed E-state index contributed by atoms with van der Waals surface area (Å²) in [7, 11) is -0.188. The van der Waals surface area contributed by atoms with Gasteiger partial charge in [-0.25, -0.2) is 0 Å². The fourth-order valence-electron chi connectivity index (χ4n) is 3.18. The molecule has 1 aliphatic heterocycles. The van der Waals surface area contributed by atoms with E-state index in [4.69, 9.17) is 0 Å². The molecule has 2 fully saturated rings. The molecule has 26 heavy (non-hydrogen) atoms. The quantitative estimate of drug-likeness (QED) is 0.736. The molecule has 0 unspecified atom stereocenters. The minimum absolute atomic E-state index is 0.0153. The van der Waals surface area contributed by atoms with Gasteiger partial charge in [0.15, 0.2) is 5.17 Å². The summed E-state index contributed by atoms with van der Waals surface area (Å²) in [6.07, 6.45) is 6.73. The molecule has 1 heterocycles. The molecule has 0 N–H and O–H groups in total. The smallest absolute Gasteiger partial charge is 0.284 e. The molecular weight excluding hydrogens is 370 g/mol. The Morgan fingerprint density at radius 3 is 2.42 bits per heavy atom. The topological polar surface area (TPSA) is 70.1 Å². The minimum Gasteiger partial charge on any atom is -0.382 e. The van der Waals surface area contributed by atoms with Crippen molar-refractivity contribution in [2.24, 2.45) is 4.40 Å². The molecule has 1 saturated heterocycles. The van der Waals surface area contributed by atoms with Gasteiger partial charge in [-0.05, 0) is 36.7 Å². The first-order valence-corrected chi connectivity index (χ1v) is 10.9. The largest absolute Gasteiger partial charge is 0.382 e. The average Bonchev–Trinajstić information content (AvgIpc) is 2.90. The van der Waals surface area contributed by atoms with Crippen LogP contribution in [0.4, 0.5) is 0 Å². The molecule has 0 radical (unpaired) electrons. The molecule has 0 atom stereocenters. The maximum absolute atomic E-state index is 12.9. The van der Waals surface area contributed by atoms with Gasteiger partial charge in [-0.3, -0.25) is 9.69 Å². The van der Waals surface area contributed by atoms with E-state index in [1.807, 2.05) is 14.1 Å². The van der Waals surface area contributed by atoms with Crippen molar-refractivity contribution in [2.75, 3.05) is 14.1 Å². The van der Waals surface area contributed by atoms with Crippen LogP contribution in [-0.2, 0) is 14.8 Å². The molecular formula is C18H23N3O3S2. The first-order valence-electron chi connectivity index (χ1n) is 8.68. The molecule has 0 spiro atoms. The van der Waals surface area contributed by atoms with Crippen LogP contribution in [0.1, 0.15) is 32.1 Å². The van der Waals surface area contributed by atoms with Gasteiger partial charge in [-0.1, -0.05) is 37.5 Å². The summed E-state index contributed by atoms with van der Waals surface area (Å²) in [5, 5.41) is 0.263. The molecule has 140 valence electrons. The molecule has 1 amide bonds. The molecule has 0 bridgehead atoms. The molecule has 1 aliphatic carbocycles. The number of thioether (sulfide) groups is 1. The van der Waals surface area contributed by atoms with Gasteiger partial charge >= 0.3 is 0 Å². The fraction of sp³-hybridized carbons (Fsp3) is 0.444. The third kappa shape index (κ3) is 4.12. The lowest BCUT2D eigenvalue weighted by atomic mass is 9.94. The van der Waals surface area contributed by atoms with Crippen molar-refractivity contribution in [3.63, 3.8) is 0 Å². The predicted octanol–water partition coefficient (Wildman–Crippen LogP) is 3.04. The van der Waals surface area contributed by atoms with Crippen LogP contribution in [0, 0.1) is 0 Å². The van der Waals surface area contributed by atoms with E-state index in [-0.39, 0.29) is 22.0 Å². The van der Waals surface area contributed by atoms with Crippen molar-refractivity contribution in [1.29, 1.82) is 0 Å². The zero-order valence-electron chi connectivity index (χ0n) is 15.0. The molecule has 1 saturated carbocycles. The number of carbonyl (C=O) groups is 1. The Labute approximate surface area is 159 Å². The second-order valence-electron chi connectivity index (χ2n) is 6.69. The summed E-state index contributed by atoms with van der Waals surface area (Å²) < 4.78 is 29.4. The maximum atomic E-state index is 12.9. The number of hydrogen-bond donors (Lipinski definition) is 0. The van der Waals surface area contributed by atoms with Crippen LogP contribution >= 0.6 is 11.8 Å². The van der Waals surface area contributed by atoms with Gasteiger partial charge in [0, 0.05) is 26.3 Å². The van der Waals surface area contributed by atoms with Crippen LogP contribution in [0.25, 0.3) is 0 Å². The lowest BCUT2D eigenvalue weighted by Gasteiger charge is -2.30. The highest BCUT2D eigenvalue weighted by atomic mass is 32.2. The lowest BCUT2D eigenvalue weighted by Crippen LogP contribution is -2.40. The number of hydrogen-bond acceptors (Lipinski definition) is 5. The van der Waals surface area contributed by atoms with Gasteiger partial charge in [-0.15, -0.1) is 4.40 Å². The highest BCUT2D eigenvalue weighted by molar-refractivity contribution is 8.19. The van der Waals surface area contributed by atoms with Gasteiger partial charge in [0.1, 0.15) is 0 Å². The van der Waals surface area contributed by atoms with E-state index in [1.165, 1.54) is 12.1 Å².